The number of hydrogen-bond donors (Lipinski definition) is 1. The summed E-state index contributed by atoms with van der Waals surface area (Å²) in [6.45, 7) is 4.41. The van der Waals surface area contributed by atoms with E-state index in [0.717, 1.165) is 44.0 Å². The molecule has 7 heteroatoms. The van der Waals surface area contributed by atoms with Gasteiger partial charge < -0.3 is 15.4 Å². The molecule has 22 heavy (non-hydrogen) atoms. The predicted octanol–water partition coefficient (Wildman–Crippen LogP) is 1.76. The third-order valence-corrected chi connectivity index (χ3v) is 3.95. The molecule has 1 aliphatic heterocycles. The van der Waals surface area contributed by atoms with E-state index in [1.807, 2.05) is 23.1 Å². The molecule has 2 rings (SSSR count). The minimum atomic E-state index is 0. The van der Waals surface area contributed by atoms with Crippen LogP contribution in [-0.2, 0) is 11.3 Å². The number of halogens is 2. The van der Waals surface area contributed by atoms with E-state index in [1.54, 1.807) is 7.11 Å². The van der Waals surface area contributed by atoms with Crippen LogP contribution in [0, 0.1) is 0 Å². The fraction of sp³-hybridized carbons (Fsp3) is 0.533. The summed E-state index contributed by atoms with van der Waals surface area (Å²) in [7, 11) is 1.66. The zero-order chi connectivity index (χ0) is 15.2. The van der Waals surface area contributed by atoms with Crippen molar-refractivity contribution >= 4 is 29.9 Å². The molecule has 1 saturated heterocycles. The molecule has 2 N–H and O–H groups in total. The van der Waals surface area contributed by atoms with Crippen LogP contribution in [0.2, 0.25) is 5.02 Å². The van der Waals surface area contributed by atoms with Crippen molar-refractivity contribution in [2.24, 2.45) is 5.73 Å². The zero-order valence-electron chi connectivity index (χ0n) is 12.8. The summed E-state index contributed by atoms with van der Waals surface area (Å²) in [5, 5.41) is 0.711. The summed E-state index contributed by atoms with van der Waals surface area (Å²) < 4.78 is 5.37. The first-order valence-electron chi connectivity index (χ1n) is 7.16. The number of nitrogens with two attached hydrogens (primary N) is 1. The van der Waals surface area contributed by atoms with Gasteiger partial charge in [0.2, 0.25) is 5.91 Å². The van der Waals surface area contributed by atoms with Gasteiger partial charge in [-0.2, -0.15) is 0 Å². The van der Waals surface area contributed by atoms with Crippen molar-refractivity contribution in [3.8, 4) is 5.75 Å². The van der Waals surface area contributed by atoms with Gasteiger partial charge in [0.1, 0.15) is 5.75 Å². The SMILES string of the molecule is COc1ccc(Cl)cc1CN1CCN(C(=O)CCN)CC1.Cl. The third kappa shape index (κ3) is 5.02. The molecule has 0 spiro atoms. The van der Waals surface area contributed by atoms with E-state index in [2.05, 4.69) is 4.90 Å². The number of ether oxygens (including phenoxy) is 1. The Balaban J connectivity index is 0.00000242. The van der Waals surface area contributed by atoms with Crippen molar-refractivity contribution in [2.45, 2.75) is 13.0 Å². The number of methoxy groups -OCH3 is 1. The molecule has 0 aromatic heterocycles. The molecule has 0 aliphatic carbocycles. The Morgan fingerprint density at radius 3 is 2.59 bits per heavy atom. The summed E-state index contributed by atoms with van der Waals surface area (Å²) in [4.78, 5) is 16.0. The van der Waals surface area contributed by atoms with Gasteiger partial charge in [-0.15, -0.1) is 12.4 Å². The first-order chi connectivity index (χ1) is 10.1. The normalized spacial score (nSPS) is 15.3. The lowest BCUT2D eigenvalue weighted by molar-refractivity contribution is -0.132. The monoisotopic (exact) mass is 347 g/mol. The van der Waals surface area contributed by atoms with E-state index in [4.69, 9.17) is 22.1 Å². The highest BCUT2D eigenvalue weighted by Gasteiger charge is 2.21. The van der Waals surface area contributed by atoms with Crippen LogP contribution in [0.3, 0.4) is 0 Å². The van der Waals surface area contributed by atoms with Crippen LogP contribution < -0.4 is 10.5 Å². The number of benzene rings is 1. The molecule has 0 atom stereocenters. The fourth-order valence-electron chi connectivity index (χ4n) is 2.55. The second-order valence-electron chi connectivity index (χ2n) is 5.15. The molecule has 0 radical (unpaired) electrons. The maximum Gasteiger partial charge on any atom is 0.223 e. The van der Waals surface area contributed by atoms with Gasteiger partial charge in [-0.3, -0.25) is 9.69 Å². The molecule has 1 heterocycles. The van der Waals surface area contributed by atoms with Gasteiger partial charge in [-0.1, -0.05) is 11.6 Å². The Hall–Kier alpha value is -1.01. The van der Waals surface area contributed by atoms with Crippen molar-refractivity contribution < 1.29 is 9.53 Å². The van der Waals surface area contributed by atoms with Crippen LogP contribution in [0.5, 0.6) is 5.75 Å². The molecule has 0 saturated carbocycles. The molecule has 124 valence electrons. The second-order valence-corrected chi connectivity index (χ2v) is 5.59. The minimum absolute atomic E-state index is 0. The van der Waals surface area contributed by atoms with Crippen LogP contribution in [0.15, 0.2) is 18.2 Å². The van der Waals surface area contributed by atoms with Gasteiger partial charge in [-0.25, -0.2) is 0 Å². The summed E-state index contributed by atoms with van der Waals surface area (Å²) in [6, 6.07) is 5.65. The molecule has 1 fully saturated rings. The second kappa shape index (κ2) is 9.20. The van der Waals surface area contributed by atoms with E-state index in [1.165, 1.54) is 0 Å². The molecule has 1 amide bonds. The highest BCUT2D eigenvalue weighted by molar-refractivity contribution is 6.30. The van der Waals surface area contributed by atoms with E-state index in [9.17, 15) is 4.79 Å². The number of hydrogen-bond acceptors (Lipinski definition) is 4. The van der Waals surface area contributed by atoms with E-state index in [-0.39, 0.29) is 18.3 Å². The third-order valence-electron chi connectivity index (χ3n) is 3.72. The van der Waals surface area contributed by atoms with Crippen LogP contribution in [0.4, 0.5) is 0 Å². The fourth-order valence-corrected chi connectivity index (χ4v) is 2.74. The molecule has 5 nitrogen and oxygen atoms in total. The Bertz CT molecular complexity index is 492. The van der Waals surface area contributed by atoms with Crippen molar-refractivity contribution in [3.63, 3.8) is 0 Å². The topological polar surface area (TPSA) is 58.8 Å². The first kappa shape index (κ1) is 19.0. The van der Waals surface area contributed by atoms with Crippen molar-refractivity contribution in [1.29, 1.82) is 0 Å². The minimum Gasteiger partial charge on any atom is -0.496 e. The van der Waals surface area contributed by atoms with E-state index < -0.39 is 0 Å². The van der Waals surface area contributed by atoms with Crippen LogP contribution in [0.1, 0.15) is 12.0 Å². The van der Waals surface area contributed by atoms with Crippen molar-refractivity contribution in [3.05, 3.63) is 28.8 Å². The number of piperazine rings is 1. The Morgan fingerprint density at radius 1 is 1.32 bits per heavy atom. The van der Waals surface area contributed by atoms with Gasteiger partial charge in [0.15, 0.2) is 0 Å². The van der Waals surface area contributed by atoms with Crippen LogP contribution in [0.25, 0.3) is 0 Å². The lowest BCUT2D eigenvalue weighted by atomic mass is 10.1. The summed E-state index contributed by atoms with van der Waals surface area (Å²) in [5.74, 6) is 0.999. The van der Waals surface area contributed by atoms with Crippen molar-refractivity contribution in [2.75, 3.05) is 39.8 Å². The lowest BCUT2D eigenvalue weighted by Crippen LogP contribution is -2.48. The van der Waals surface area contributed by atoms with Gasteiger partial charge in [-0.05, 0) is 18.2 Å². The number of rotatable bonds is 5. The summed E-state index contributed by atoms with van der Waals surface area (Å²) in [6.07, 6.45) is 0.433. The molecule has 0 bridgehead atoms. The maximum atomic E-state index is 11.8. The standard InChI is InChI=1S/C15H22ClN3O2.ClH/c1-21-14-3-2-13(16)10-12(14)11-18-6-8-19(9-7-18)15(20)4-5-17;/h2-3,10H,4-9,11,17H2,1H3;1H. The molecule has 1 aromatic carbocycles. The number of nitrogens with zero attached hydrogens (tertiary/aromatic N) is 2. The Kier molecular flexibility index (Phi) is 7.96. The summed E-state index contributed by atoms with van der Waals surface area (Å²) in [5.41, 5.74) is 6.50. The Morgan fingerprint density at radius 2 is 2.00 bits per heavy atom. The Labute approximate surface area is 142 Å². The lowest BCUT2D eigenvalue weighted by Gasteiger charge is -2.35. The van der Waals surface area contributed by atoms with Gasteiger partial charge in [0.05, 0.1) is 7.11 Å². The number of amides is 1. The van der Waals surface area contributed by atoms with E-state index >= 15 is 0 Å². The molecular weight excluding hydrogens is 325 g/mol. The van der Waals surface area contributed by atoms with Crippen LogP contribution in [-0.4, -0.2) is 55.5 Å². The molecular formula is C15H23Cl2N3O2. The quantitative estimate of drug-likeness (QED) is 0.881. The molecule has 1 aliphatic rings. The number of carbonyl (C=O) groups is 1. The van der Waals surface area contributed by atoms with Crippen LogP contribution >= 0.6 is 24.0 Å². The molecule has 0 unspecified atom stereocenters. The highest BCUT2D eigenvalue weighted by atomic mass is 35.5. The summed E-state index contributed by atoms with van der Waals surface area (Å²) >= 11 is 6.05. The zero-order valence-corrected chi connectivity index (χ0v) is 14.3. The van der Waals surface area contributed by atoms with Gasteiger partial charge in [0.25, 0.3) is 0 Å². The first-order valence-corrected chi connectivity index (χ1v) is 7.54. The number of carbonyl (C=O) groups excluding carboxylic acids is 1. The predicted molar refractivity (Wildman–Crippen MR) is 90.8 cm³/mol. The average molecular weight is 348 g/mol. The molecule has 1 aromatic rings. The van der Waals surface area contributed by atoms with E-state index in [0.29, 0.717) is 18.0 Å². The maximum absolute atomic E-state index is 11.8. The van der Waals surface area contributed by atoms with Gasteiger partial charge in [0, 0.05) is 56.3 Å². The highest BCUT2D eigenvalue weighted by Crippen LogP contribution is 2.24. The largest absolute Gasteiger partial charge is 0.496 e. The van der Waals surface area contributed by atoms with Crippen molar-refractivity contribution in [1.82, 2.24) is 9.80 Å². The smallest absolute Gasteiger partial charge is 0.223 e. The van der Waals surface area contributed by atoms with Gasteiger partial charge >= 0.3 is 0 Å². The average Bonchev–Trinajstić information content (AvgIpc) is 2.48.